The van der Waals surface area contributed by atoms with Gasteiger partial charge in [0.15, 0.2) is 0 Å². The lowest BCUT2D eigenvalue weighted by Gasteiger charge is -2.06. The van der Waals surface area contributed by atoms with Gasteiger partial charge in [-0.2, -0.15) is 0 Å². The highest BCUT2D eigenvalue weighted by molar-refractivity contribution is 5.95. The van der Waals surface area contributed by atoms with Crippen LogP contribution in [0.4, 0.5) is 0 Å². The largest absolute Gasteiger partial charge is 0.273 e. The number of rotatable bonds is 2. The quantitative estimate of drug-likeness (QED) is 0.796. The van der Waals surface area contributed by atoms with E-state index in [4.69, 9.17) is 0 Å². The molecular weight excluding hydrogens is 240 g/mol. The van der Waals surface area contributed by atoms with Gasteiger partial charge in [0.1, 0.15) is 0 Å². The molecule has 4 heteroatoms. The van der Waals surface area contributed by atoms with E-state index in [1.807, 2.05) is 6.07 Å². The van der Waals surface area contributed by atoms with Crippen molar-refractivity contribution >= 4 is 11.8 Å². The van der Waals surface area contributed by atoms with Gasteiger partial charge < -0.3 is 0 Å². The minimum absolute atomic E-state index is 0.0267. The van der Waals surface area contributed by atoms with Crippen LogP contribution in [0.3, 0.4) is 0 Å². The van der Waals surface area contributed by atoms with Crippen molar-refractivity contribution in [3.63, 3.8) is 0 Å². The Labute approximate surface area is 112 Å². The molecule has 2 N–H and O–H groups in total. The number of benzene rings is 1. The highest BCUT2D eigenvalue weighted by atomic mass is 16.2. The molecule has 1 aromatic carbocycles. The molecule has 3 atom stereocenters. The van der Waals surface area contributed by atoms with Crippen LogP contribution in [0.15, 0.2) is 30.3 Å². The molecule has 2 aliphatic carbocycles. The monoisotopic (exact) mass is 258 g/mol. The fourth-order valence-corrected chi connectivity index (χ4v) is 3.24. The Morgan fingerprint density at radius 3 is 2.21 bits per heavy atom. The van der Waals surface area contributed by atoms with Crippen LogP contribution in [0, 0.1) is 17.8 Å². The van der Waals surface area contributed by atoms with E-state index >= 15 is 0 Å². The molecule has 2 fully saturated rings. The molecular formula is C15H18N2O2. The number of nitrogens with one attached hydrogen (secondary N) is 2. The molecule has 2 saturated carbocycles. The summed E-state index contributed by atoms with van der Waals surface area (Å²) in [7, 11) is 0. The van der Waals surface area contributed by atoms with E-state index in [9.17, 15) is 9.59 Å². The average Bonchev–Trinajstić information content (AvgIpc) is 3.19. The molecule has 0 heterocycles. The number of carbonyl (C=O) groups excluding carboxylic acids is 2. The van der Waals surface area contributed by atoms with Crippen LogP contribution in [0.25, 0.3) is 0 Å². The van der Waals surface area contributed by atoms with Crippen molar-refractivity contribution in [1.29, 1.82) is 0 Å². The van der Waals surface area contributed by atoms with E-state index in [1.165, 1.54) is 12.8 Å². The Bertz CT molecular complexity index is 474. The molecule has 4 nitrogen and oxygen atoms in total. The Morgan fingerprint density at radius 2 is 1.58 bits per heavy atom. The average molecular weight is 258 g/mol. The number of hydrogen-bond donors (Lipinski definition) is 2. The second-order valence-corrected chi connectivity index (χ2v) is 5.45. The molecule has 2 amide bonds. The molecule has 2 aliphatic rings. The first-order chi connectivity index (χ1) is 9.27. The molecule has 1 unspecified atom stereocenters. The fraction of sp³-hybridized carbons (Fsp3) is 0.467. The lowest BCUT2D eigenvalue weighted by atomic mass is 10.0. The Hall–Kier alpha value is -1.84. The summed E-state index contributed by atoms with van der Waals surface area (Å²) in [5.74, 6) is 0.946. The van der Waals surface area contributed by atoms with E-state index in [2.05, 4.69) is 10.9 Å². The molecule has 0 aliphatic heterocycles. The third kappa shape index (κ3) is 2.48. The molecule has 0 bridgehead atoms. The van der Waals surface area contributed by atoms with Crippen LogP contribution >= 0.6 is 0 Å². The van der Waals surface area contributed by atoms with Gasteiger partial charge in [-0.3, -0.25) is 20.4 Å². The second-order valence-electron chi connectivity index (χ2n) is 5.45. The highest BCUT2D eigenvalue weighted by Gasteiger charge is 2.54. The van der Waals surface area contributed by atoms with Crippen LogP contribution in [0.5, 0.6) is 0 Å². The van der Waals surface area contributed by atoms with Crippen LogP contribution < -0.4 is 10.9 Å². The smallest absolute Gasteiger partial charge is 0.269 e. The van der Waals surface area contributed by atoms with Gasteiger partial charge in [0, 0.05) is 11.5 Å². The van der Waals surface area contributed by atoms with Gasteiger partial charge in [-0.15, -0.1) is 0 Å². The Kier molecular flexibility index (Phi) is 3.23. The van der Waals surface area contributed by atoms with Crippen molar-refractivity contribution in [2.75, 3.05) is 0 Å². The van der Waals surface area contributed by atoms with Crippen molar-refractivity contribution in [3.8, 4) is 0 Å². The summed E-state index contributed by atoms with van der Waals surface area (Å²) in [6.45, 7) is 0. The van der Waals surface area contributed by atoms with E-state index in [1.54, 1.807) is 24.3 Å². The Morgan fingerprint density at radius 1 is 0.947 bits per heavy atom. The minimum atomic E-state index is -0.266. The van der Waals surface area contributed by atoms with Crippen LogP contribution in [-0.2, 0) is 4.79 Å². The standard InChI is InChI=1S/C15H18N2O2/c18-14(10-6-2-1-3-7-10)16-17-15(19)13-11-8-4-5-9-12(11)13/h1-3,6-7,11-13H,4-5,8-9H2,(H,16,18)(H,17,19)/t11-,12+,13?. The van der Waals surface area contributed by atoms with Crippen LogP contribution in [-0.4, -0.2) is 11.8 Å². The molecule has 0 spiro atoms. The van der Waals surface area contributed by atoms with Gasteiger partial charge in [0.05, 0.1) is 0 Å². The van der Waals surface area contributed by atoms with E-state index < -0.39 is 0 Å². The fourth-order valence-electron chi connectivity index (χ4n) is 3.24. The van der Waals surface area contributed by atoms with Crippen molar-refractivity contribution in [2.24, 2.45) is 17.8 Å². The van der Waals surface area contributed by atoms with Gasteiger partial charge in [-0.1, -0.05) is 31.0 Å². The van der Waals surface area contributed by atoms with Gasteiger partial charge >= 0.3 is 0 Å². The van der Waals surface area contributed by atoms with Gasteiger partial charge in [0.25, 0.3) is 5.91 Å². The summed E-state index contributed by atoms with van der Waals surface area (Å²) in [6, 6.07) is 8.89. The minimum Gasteiger partial charge on any atom is -0.273 e. The summed E-state index contributed by atoms with van der Waals surface area (Å²) in [6.07, 6.45) is 4.80. The summed E-state index contributed by atoms with van der Waals surface area (Å²) < 4.78 is 0. The predicted octanol–water partition coefficient (Wildman–Crippen LogP) is 1.88. The lowest BCUT2D eigenvalue weighted by Crippen LogP contribution is -2.42. The zero-order valence-electron chi connectivity index (χ0n) is 10.8. The molecule has 3 rings (SSSR count). The van der Waals surface area contributed by atoms with E-state index in [-0.39, 0.29) is 17.7 Å². The second kappa shape index (κ2) is 5.03. The van der Waals surface area contributed by atoms with E-state index in [0.29, 0.717) is 17.4 Å². The summed E-state index contributed by atoms with van der Waals surface area (Å²) in [4.78, 5) is 23.8. The topological polar surface area (TPSA) is 58.2 Å². The van der Waals surface area contributed by atoms with Crippen molar-refractivity contribution in [2.45, 2.75) is 25.7 Å². The van der Waals surface area contributed by atoms with Gasteiger partial charge in [-0.25, -0.2) is 0 Å². The summed E-state index contributed by atoms with van der Waals surface area (Å²) >= 11 is 0. The van der Waals surface area contributed by atoms with Crippen molar-refractivity contribution in [3.05, 3.63) is 35.9 Å². The normalized spacial score (nSPS) is 28.1. The third-order valence-corrected chi connectivity index (χ3v) is 4.29. The zero-order valence-corrected chi connectivity index (χ0v) is 10.8. The molecule has 0 aromatic heterocycles. The number of hydrogen-bond acceptors (Lipinski definition) is 2. The first-order valence-electron chi connectivity index (χ1n) is 6.92. The molecule has 0 saturated heterocycles. The summed E-state index contributed by atoms with van der Waals surface area (Å²) in [5, 5.41) is 0. The van der Waals surface area contributed by atoms with Crippen LogP contribution in [0.2, 0.25) is 0 Å². The number of hydrazine groups is 1. The maximum absolute atomic E-state index is 12.0. The van der Waals surface area contributed by atoms with E-state index in [0.717, 1.165) is 12.8 Å². The number of fused-ring (bicyclic) bond motifs is 1. The molecule has 0 radical (unpaired) electrons. The SMILES string of the molecule is O=C(NNC(=O)C1[C@H]2CCCC[C@@H]12)c1ccccc1. The van der Waals surface area contributed by atoms with Crippen LogP contribution in [0.1, 0.15) is 36.0 Å². The number of amides is 2. The molecule has 100 valence electrons. The predicted molar refractivity (Wildman–Crippen MR) is 71.0 cm³/mol. The molecule has 19 heavy (non-hydrogen) atoms. The third-order valence-electron chi connectivity index (χ3n) is 4.29. The van der Waals surface area contributed by atoms with Gasteiger partial charge in [-0.05, 0) is 36.8 Å². The first kappa shape index (κ1) is 12.2. The van der Waals surface area contributed by atoms with Gasteiger partial charge in [0.2, 0.25) is 5.91 Å². The van der Waals surface area contributed by atoms with Crippen molar-refractivity contribution < 1.29 is 9.59 Å². The number of carbonyl (C=O) groups is 2. The first-order valence-corrected chi connectivity index (χ1v) is 6.92. The maximum atomic E-state index is 12.0. The lowest BCUT2D eigenvalue weighted by molar-refractivity contribution is -0.123. The highest BCUT2D eigenvalue weighted by Crippen LogP contribution is 2.55. The Balaban J connectivity index is 1.50. The zero-order chi connectivity index (χ0) is 13.2. The van der Waals surface area contributed by atoms with Crippen molar-refractivity contribution in [1.82, 2.24) is 10.9 Å². The summed E-state index contributed by atoms with van der Waals surface area (Å²) in [5.41, 5.74) is 5.60. The molecule has 1 aromatic rings. The maximum Gasteiger partial charge on any atom is 0.269 e.